The van der Waals surface area contributed by atoms with Gasteiger partial charge in [-0.2, -0.15) is 0 Å². The number of carbonyl (C=O) groups excluding carboxylic acids is 1. The summed E-state index contributed by atoms with van der Waals surface area (Å²) in [6.45, 7) is 0. The van der Waals surface area contributed by atoms with Crippen molar-refractivity contribution in [3.63, 3.8) is 0 Å². The van der Waals surface area contributed by atoms with Gasteiger partial charge in [0, 0.05) is 0 Å². The standard InChI is InChI=1S/C9H9NO4/c1-14-5-2-3-6(8(10)11)7(4-5)9(12)13/h2-4H,1H3,(H2,10,11)(H,12,13). The van der Waals surface area contributed by atoms with Gasteiger partial charge in [-0.15, -0.1) is 0 Å². The van der Waals surface area contributed by atoms with Crippen LogP contribution in [0, 0.1) is 0 Å². The SMILES string of the molecule is COc1ccc(C(N)=O)c(C(=O)O)c1. The van der Waals surface area contributed by atoms with Gasteiger partial charge in [-0.25, -0.2) is 4.79 Å². The van der Waals surface area contributed by atoms with Crippen molar-refractivity contribution in [1.82, 2.24) is 0 Å². The molecule has 0 aliphatic heterocycles. The Kier molecular flexibility index (Phi) is 2.71. The van der Waals surface area contributed by atoms with Crippen LogP contribution >= 0.6 is 0 Å². The molecule has 5 heteroatoms. The number of methoxy groups -OCH3 is 1. The lowest BCUT2D eigenvalue weighted by atomic mass is 10.1. The van der Waals surface area contributed by atoms with Crippen LogP contribution in [0.1, 0.15) is 20.7 Å². The minimum atomic E-state index is -1.21. The van der Waals surface area contributed by atoms with Gasteiger partial charge in [0.05, 0.1) is 18.2 Å². The fraction of sp³-hybridized carbons (Fsp3) is 0.111. The van der Waals surface area contributed by atoms with Crippen LogP contribution in [0.3, 0.4) is 0 Å². The van der Waals surface area contributed by atoms with Crippen molar-refractivity contribution < 1.29 is 19.4 Å². The fourth-order valence-corrected chi connectivity index (χ4v) is 1.04. The van der Waals surface area contributed by atoms with E-state index in [4.69, 9.17) is 15.6 Å². The first-order valence-electron chi connectivity index (χ1n) is 3.77. The van der Waals surface area contributed by atoms with Crippen molar-refractivity contribution in [3.05, 3.63) is 29.3 Å². The van der Waals surface area contributed by atoms with Crippen LogP contribution in [0.25, 0.3) is 0 Å². The summed E-state index contributed by atoms with van der Waals surface area (Å²) in [4.78, 5) is 21.6. The van der Waals surface area contributed by atoms with E-state index < -0.39 is 11.9 Å². The average molecular weight is 195 g/mol. The smallest absolute Gasteiger partial charge is 0.336 e. The second kappa shape index (κ2) is 3.78. The maximum absolute atomic E-state index is 10.8. The van der Waals surface area contributed by atoms with Gasteiger partial charge in [0.1, 0.15) is 5.75 Å². The van der Waals surface area contributed by atoms with E-state index in [2.05, 4.69) is 0 Å². The fourth-order valence-electron chi connectivity index (χ4n) is 1.04. The minimum absolute atomic E-state index is 0.0294. The highest BCUT2D eigenvalue weighted by Gasteiger charge is 2.14. The summed E-state index contributed by atoms with van der Waals surface area (Å²) in [6, 6.07) is 4.06. The second-order valence-corrected chi connectivity index (χ2v) is 2.58. The van der Waals surface area contributed by atoms with E-state index in [1.54, 1.807) is 0 Å². The van der Waals surface area contributed by atoms with E-state index >= 15 is 0 Å². The molecule has 0 saturated heterocycles. The molecule has 5 nitrogen and oxygen atoms in total. The molecule has 1 amide bonds. The van der Waals surface area contributed by atoms with Gasteiger partial charge in [0.25, 0.3) is 0 Å². The van der Waals surface area contributed by atoms with E-state index in [0.29, 0.717) is 5.75 Å². The summed E-state index contributed by atoms with van der Waals surface area (Å²) in [5, 5.41) is 8.77. The maximum atomic E-state index is 10.8. The highest BCUT2D eigenvalue weighted by atomic mass is 16.5. The largest absolute Gasteiger partial charge is 0.497 e. The maximum Gasteiger partial charge on any atom is 0.336 e. The lowest BCUT2D eigenvalue weighted by Gasteiger charge is -2.04. The van der Waals surface area contributed by atoms with Gasteiger partial charge >= 0.3 is 5.97 Å². The lowest BCUT2D eigenvalue weighted by molar-refractivity contribution is 0.0691. The number of benzene rings is 1. The van der Waals surface area contributed by atoms with Crippen molar-refractivity contribution in [2.45, 2.75) is 0 Å². The van der Waals surface area contributed by atoms with Crippen LogP contribution < -0.4 is 10.5 Å². The Labute approximate surface area is 80.1 Å². The summed E-state index contributed by atoms with van der Waals surface area (Å²) < 4.78 is 4.82. The Bertz CT molecular complexity index is 386. The highest BCUT2D eigenvalue weighted by Crippen LogP contribution is 2.17. The number of ether oxygens (including phenoxy) is 1. The van der Waals surface area contributed by atoms with Crippen molar-refractivity contribution in [3.8, 4) is 5.75 Å². The number of nitrogens with two attached hydrogens (primary N) is 1. The summed E-state index contributed by atoms with van der Waals surface area (Å²) in [6.07, 6.45) is 0. The molecule has 3 N–H and O–H groups in total. The monoisotopic (exact) mass is 195 g/mol. The van der Waals surface area contributed by atoms with Crippen LogP contribution in [0.4, 0.5) is 0 Å². The van der Waals surface area contributed by atoms with E-state index in [1.807, 2.05) is 0 Å². The molecule has 1 rings (SSSR count). The molecule has 14 heavy (non-hydrogen) atoms. The molecule has 0 aliphatic carbocycles. The third-order valence-electron chi connectivity index (χ3n) is 1.72. The molecule has 0 aromatic heterocycles. The van der Waals surface area contributed by atoms with Crippen LogP contribution in [0.2, 0.25) is 0 Å². The number of aromatic carboxylic acids is 1. The van der Waals surface area contributed by atoms with Crippen LogP contribution in [0.5, 0.6) is 5.75 Å². The van der Waals surface area contributed by atoms with Crippen molar-refractivity contribution >= 4 is 11.9 Å². The van der Waals surface area contributed by atoms with Gasteiger partial charge in [-0.05, 0) is 18.2 Å². The zero-order valence-electron chi connectivity index (χ0n) is 7.48. The number of amides is 1. The second-order valence-electron chi connectivity index (χ2n) is 2.58. The van der Waals surface area contributed by atoms with Crippen molar-refractivity contribution in [2.24, 2.45) is 5.73 Å². The summed E-state index contributed by atoms with van der Waals surface area (Å²) in [5.41, 5.74) is 4.82. The molecule has 0 aliphatic rings. The number of carbonyl (C=O) groups is 2. The van der Waals surface area contributed by atoms with Crippen LogP contribution in [0.15, 0.2) is 18.2 Å². The number of carboxylic acids is 1. The Morgan fingerprint density at radius 1 is 1.36 bits per heavy atom. The van der Waals surface area contributed by atoms with E-state index in [9.17, 15) is 9.59 Å². The first-order valence-corrected chi connectivity index (χ1v) is 3.77. The van der Waals surface area contributed by atoms with E-state index in [0.717, 1.165) is 0 Å². The number of hydrogen-bond acceptors (Lipinski definition) is 3. The molecule has 0 spiro atoms. The third-order valence-corrected chi connectivity index (χ3v) is 1.72. The summed E-state index contributed by atoms with van der Waals surface area (Å²) >= 11 is 0. The number of carboxylic acid groups (broad SMARTS) is 1. The van der Waals surface area contributed by atoms with Gasteiger partial charge in [0.2, 0.25) is 5.91 Å². The summed E-state index contributed by atoms with van der Waals surface area (Å²) in [5.74, 6) is -1.62. The van der Waals surface area contributed by atoms with Gasteiger partial charge in [-0.1, -0.05) is 0 Å². The molecule has 0 saturated carbocycles. The number of hydrogen-bond donors (Lipinski definition) is 2. The summed E-state index contributed by atoms with van der Waals surface area (Å²) in [7, 11) is 1.41. The molecule has 0 bridgehead atoms. The van der Waals surface area contributed by atoms with Gasteiger partial charge in [0.15, 0.2) is 0 Å². The molecular formula is C9H9NO4. The lowest BCUT2D eigenvalue weighted by Crippen LogP contribution is -2.16. The molecule has 1 aromatic carbocycles. The predicted molar refractivity (Wildman–Crippen MR) is 48.5 cm³/mol. The van der Waals surface area contributed by atoms with E-state index in [1.165, 1.54) is 25.3 Å². The normalized spacial score (nSPS) is 9.50. The molecule has 0 radical (unpaired) electrons. The Hall–Kier alpha value is -2.04. The predicted octanol–water partition coefficient (Wildman–Crippen LogP) is 0.492. The van der Waals surface area contributed by atoms with Crippen LogP contribution in [-0.2, 0) is 0 Å². The molecule has 0 fully saturated rings. The Morgan fingerprint density at radius 2 is 2.00 bits per heavy atom. The quantitative estimate of drug-likeness (QED) is 0.734. The van der Waals surface area contributed by atoms with Crippen molar-refractivity contribution in [2.75, 3.05) is 7.11 Å². The topological polar surface area (TPSA) is 89.6 Å². The number of rotatable bonds is 3. The zero-order chi connectivity index (χ0) is 10.7. The molecule has 0 heterocycles. The first-order chi connectivity index (χ1) is 6.56. The third kappa shape index (κ3) is 1.82. The molecule has 0 atom stereocenters. The Morgan fingerprint density at radius 3 is 2.43 bits per heavy atom. The van der Waals surface area contributed by atoms with E-state index in [-0.39, 0.29) is 11.1 Å². The zero-order valence-corrected chi connectivity index (χ0v) is 7.48. The first kappa shape index (κ1) is 10.0. The minimum Gasteiger partial charge on any atom is -0.497 e. The van der Waals surface area contributed by atoms with Gasteiger partial charge in [-0.3, -0.25) is 4.79 Å². The van der Waals surface area contributed by atoms with Gasteiger partial charge < -0.3 is 15.6 Å². The Balaban J connectivity index is 3.31. The highest BCUT2D eigenvalue weighted by molar-refractivity contribution is 6.04. The average Bonchev–Trinajstić information content (AvgIpc) is 2.16. The number of primary amides is 1. The molecule has 0 unspecified atom stereocenters. The molecule has 74 valence electrons. The molecular weight excluding hydrogens is 186 g/mol. The van der Waals surface area contributed by atoms with Crippen molar-refractivity contribution in [1.29, 1.82) is 0 Å². The van der Waals surface area contributed by atoms with Crippen LogP contribution in [-0.4, -0.2) is 24.1 Å². The molecule has 1 aromatic rings.